The van der Waals surface area contributed by atoms with Crippen LogP contribution in [0.5, 0.6) is 0 Å². The van der Waals surface area contributed by atoms with Crippen molar-refractivity contribution >= 4 is 33.5 Å². The summed E-state index contributed by atoms with van der Waals surface area (Å²) in [5.74, 6) is 0. The van der Waals surface area contributed by atoms with Gasteiger partial charge in [0.15, 0.2) is 0 Å². The Hall–Kier alpha value is -0.100. The molecule has 0 saturated carbocycles. The Labute approximate surface area is 134 Å². The number of halogens is 1. The van der Waals surface area contributed by atoms with Crippen LogP contribution < -0.4 is 4.72 Å². The number of aliphatic imine (C=N–C) groups is 1. The minimum atomic E-state index is -1.11. The molecule has 0 saturated heterocycles. The van der Waals surface area contributed by atoms with Crippen LogP contribution >= 0.6 is 15.9 Å². The van der Waals surface area contributed by atoms with Crippen LogP contribution in [0.4, 0.5) is 0 Å². The molecule has 0 aromatic rings. The summed E-state index contributed by atoms with van der Waals surface area (Å²) in [5, 5.41) is 0. The van der Waals surface area contributed by atoms with Gasteiger partial charge in [-0.1, -0.05) is 27.6 Å². The van der Waals surface area contributed by atoms with E-state index in [4.69, 9.17) is 0 Å². The molecule has 0 aromatic heterocycles. The van der Waals surface area contributed by atoms with E-state index in [0.717, 1.165) is 18.4 Å². The molecule has 20 heavy (non-hydrogen) atoms. The highest BCUT2D eigenvalue weighted by Gasteiger charge is 2.39. The summed E-state index contributed by atoms with van der Waals surface area (Å²) in [6.45, 7) is 12.6. The molecular formula is C15H25BrN2OS. The fourth-order valence-electron chi connectivity index (χ4n) is 1.83. The van der Waals surface area contributed by atoms with Gasteiger partial charge in [-0.05, 0) is 46.6 Å². The van der Waals surface area contributed by atoms with Crippen LogP contribution in [-0.2, 0) is 11.4 Å². The Morgan fingerprint density at radius 1 is 1.60 bits per heavy atom. The van der Waals surface area contributed by atoms with E-state index in [1.807, 2.05) is 33.8 Å². The Morgan fingerprint density at radius 2 is 2.25 bits per heavy atom. The summed E-state index contributed by atoms with van der Waals surface area (Å²) in [5.41, 5.74) is 1.14. The van der Waals surface area contributed by atoms with Gasteiger partial charge in [0.2, 0.25) is 0 Å². The molecule has 0 aromatic carbocycles. The molecule has 1 N–H and O–H groups in total. The molecule has 0 spiro atoms. The summed E-state index contributed by atoms with van der Waals surface area (Å²) in [6.07, 6.45) is 7.62. The maximum absolute atomic E-state index is 12.4. The predicted molar refractivity (Wildman–Crippen MR) is 93.0 cm³/mol. The highest BCUT2D eigenvalue weighted by Crippen LogP contribution is 2.31. The van der Waals surface area contributed by atoms with Crippen molar-refractivity contribution in [1.29, 1.82) is 0 Å². The zero-order valence-electron chi connectivity index (χ0n) is 12.8. The van der Waals surface area contributed by atoms with E-state index < -0.39 is 11.4 Å². The van der Waals surface area contributed by atoms with Crippen molar-refractivity contribution in [3.8, 4) is 0 Å². The van der Waals surface area contributed by atoms with Gasteiger partial charge in [0.1, 0.15) is 4.75 Å². The molecule has 3 atom stereocenters. The highest BCUT2D eigenvalue weighted by molar-refractivity contribution is 9.10. The molecule has 1 rings (SSSR count). The molecule has 2 unspecified atom stereocenters. The van der Waals surface area contributed by atoms with E-state index >= 15 is 0 Å². The maximum Gasteiger partial charge on any atom is 0.136 e. The number of nitrogens with zero attached hydrogens (tertiary/aromatic N) is 1. The monoisotopic (exact) mass is 360 g/mol. The second-order valence-corrected chi connectivity index (χ2v) is 9.80. The van der Waals surface area contributed by atoms with Crippen LogP contribution in [0.25, 0.3) is 0 Å². The number of alkyl halides is 1. The van der Waals surface area contributed by atoms with Crippen molar-refractivity contribution in [2.45, 2.75) is 55.6 Å². The molecule has 114 valence electrons. The SMILES string of the molecule is C=C(C)CC[C@@H](N[S+]([O-])C(C)(C)C)C1(Br)C=CC=NC1. The van der Waals surface area contributed by atoms with Crippen LogP contribution in [0.3, 0.4) is 0 Å². The number of hydrogen-bond donors (Lipinski definition) is 1. The van der Waals surface area contributed by atoms with E-state index in [9.17, 15) is 4.55 Å². The summed E-state index contributed by atoms with van der Waals surface area (Å²) in [4.78, 5) is 4.33. The number of rotatable bonds is 6. The normalized spacial score (nSPS) is 25.5. The summed E-state index contributed by atoms with van der Waals surface area (Å²) < 4.78 is 15.1. The van der Waals surface area contributed by atoms with Crippen molar-refractivity contribution in [2.75, 3.05) is 6.54 Å². The van der Waals surface area contributed by atoms with Gasteiger partial charge in [-0.15, -0.1) is 11.3 Å². The summed E-state index contributed by atoms with van der Waals surface area (Å²) in [6, 6.07) is 0.0490. The van der Waals surface area contributed by atoms with Gasteiger partial charge in [0, 0.05) is 17.6 Å². The first-order chi connectivity index (χ1) is 9.15. The molecule has 0 radical (unpaired) electrons. The number of dihydropyridines is 1. The minimum Gasteiger partial charge on any atom is -0.598 e. The molecule has 0 bridgehead atoms. The quantitative estimate of drug-likeness (QED) is 0.447. The van der Waals surface area contributed by atoms with Crippen LogP contribution in [-0.4, -0.2) is 32.4 Å². The Balaban J connectivity index is 2.82. The average molecular weight is 361 g/mol. The lowest BCUT2D eigenvalue weighted by Gasteiger charge is -2.36. The standard InChI is InChI=1S/C15H25BrN2OS/c1-12(2)7-8-13(18-20(19)14(3,4)5)15(16)9-6-10-17-11-15/h6,9-10,13,18H,1,7-8,11H2,2-5H3/t13-,15?,20?/m1/s1. The highest BCUT2D eigenvalue weighted by atomic mass is 79.9. The lowest BCUT2D eigenvalue weighted by Crippen LogP contribution is -2.54. The van der Waals surface area contributed by atoms with Crippen molar-refractivity contribution < 1.29 is 4.55 Å². The van der Waals surface area contributed by atoms with Crippen LogP contribution in [0.15, 0.2) is 29.3 Å². The predicted octanol–water partition coefficient (Wildman–Crippen LogP) is 3.54. The third-order valence-electron chi connectivity index (χ3n) is 3.14. The Morgan fingerprint density at radius 3 is 2.70 bits per heavy atom. The first-order valence-corrected chi connectivity index (χ1v) is 8.78. The second-order valence-electron chi connectivity index (χ2n) is 6.32. The average Bonchev–Trinajstić information content (AvgIpc) is 2.33. The fourth-order valence-corrected chi connectivity index (χ4v) is 3.56. The number of allylic oxidation sites excluding steroid dienone is 2. The molecule has 1 aliphatic heterocycles. The van der Waals surface area contributed by atoms with Gasteiger partial charge in [-0.25, -0.2) is 0 Å². The van der Waals surface area contributed by atoms with Crippen molar-refractivity contribution in [3.63, 3.8) is 0 Å². The van der Waals surface area contributed by atoms with Gasteiger partial charge in [-0.2, -0.15) is 0 Å². The molecule has 0 fully saturated rings. The van der Waals surface area contributed by atoms with Crippen LogP contribution in [0.2, 0.25) is 0 Å². The van der Waals surface area contributed by atoms with E-state index in [1.165, 1.54) is 0 Å². The minimum absolute atomic E-state index is 0.0490. The van der Waals surface area contributed by atoms with Gasteiger partial charge in [-0.3, -0.25) is 4.99 Å². The van der Waals surface area contributed by atoms with Crippen LogP contribution in [0, 0.1) is 0 Å². The van der Waals surface area contributed by atoms with E-state index in [-0.39, 0.29) is 15.1 Å². The van der Waals surface area contributed by atoms with Crippen molar-refractivity contribution in [1.82, 2.24) is 4.72 Å². The second kappa shape index (κ2) is 7.25. The smallest absolute Gasteiger partial charge is 0.136 e. The zero-order valence-corrected chi connectivity index (χ0v) is 15.2. The van der Waals surface area contributed by atoms with Crippen molar-refractivity contribution in [2.24, 2.45) is 4.99 Å². The third-order valence-corrected chi connectivity index (χ3v) is 5.82. The first-order valence-electron chi connectivity index (χ1n) is 6.84. The third kappa shape index (κ3) is 5.35. The van der Waals surface area contributed by atoms with Gasteiger partial charge in [0.05, 0.1) is 16.9 Å². The fraction of sp³-hybridized carbons (Fsp3) is 0.667. The van der Waals surface area contributed by atoms with Crippen LogP contribution in [0.1, 0.15) is 40.5 Å². The lowest BCUT2D eigenvalue weighted by molar-refractivity contribution is 0.460. The molecule has 0 aliphatic carbocycles. The maximum atomic E-state index is 12.4. The molecule has 0 amide bonds. The molecular weight excluding hydrogens is 336 g/mol. The van der Waals surface area contributed by atoms with E-state index in [2.05, 4.69) is 38.3 Å². The Kier molecular flexibility index (Phi) is 6.51. The van der Waals surface area contributed by atoms with E-state index in [0.29, 0.717) is 6.54 Å². The number of nitrogens with one attached hydrogen (secondary N) is 1. The molecule has 5 heteroatoms. The molecule has 1 heterocycles. The first kappa shape index (κ1) is 18.0. The molecule has 1 aliphatic rings. The Bertz CT molecular complexity index is 403. The zero-order chi connectivity index (χ0) is 15.4. The summed E-state index contributed by atoms with van der Waals surface area (Å²) in [7, 11) is 0. The van der Waals surface area contributed by atoms with Gasteiger partial charge in [0.25, 0.3) is 0 Å². The van der Waals surface area contributed by atoms with Gasteiger partial charge < -0.3 is 4.55 Å². The largest absolute Gasteiger partial charge is 0.598 e. The van der Waals surface area contributed by atoms with Crippen molar-refractivity contribution in [3.05, 3.63) is 24.3 Å². The summed E-state index contributed by atoms with van der Waals surface area (Å²) >= 11 is 2.68. The topological polar surface area (TPSA) is 47.4 Å². The van der Waals surface area contributed by atoms with E-state index in [1.54, 1.807) is 6.21 Å². The lowest BCUT2D eigenvalue weighted by atomic mass is 9.93. The number of hydrogen-bond acceptors (Lipinski definition) is 3. The van der Waals surface area contributed by atoms with Gasteiger partial charge >= 0.3 is 0 Å². The molecule has 3 nitrogen and oxygen atoms in total.